The minimum absolute atomic E-state index is 0.00954. The van der Waals surface area contributed by atoms with Gasteiger partial charge in [0.15, 0.2) is 17.3 Å². The Kier molecular flexibility index (Phi) is 26.5. The number of likely N-dealkylation sites (tertiary alicyclic amines) is 1. The normalized spacial score (nSPS) is 21.4. The van der Waals surface area contributed by atoms with Crippen molar-refractivity contribution in [2.75, 3.05) is 41.5 Å². The molecule has 88 heavy (non-hydrogen) atoms. The van der Waals surface area contributed by atoms with Gasteiger partial charge in [0.25, 0.3) is 0 Å². The zero-order valence-corrected chi connectivity index (χ0v) is 52.7. The molecule has 5 amide bonds. The maximum absolute atomic E-state index is 14.7. The van der Waals surface area contributed by atoms with Crippen LogP contribution in [0.2, 0.25) is 0 Å². The summed E-state index contributed by atoms with van der Waals surface area (Å²) in [6.45, 7) is 12.9. The van der Waals surface area contributed by atoms with E-state index in [1.807, 2.05) is 19.9 Å². The van der Waals surface area contributed by atoms with Gasteiger partial charge in [0.2, 0.25) is 29.9 Å². The van der Waals surface area contributed by atoms with Crippen LogP contribution in [0.4, 0.5) is 4.79 Å². The van der Waals surface area contributed by atoms with Crippen LogP contribution in [-0.2, 0) is 66.3 Å². The van der Waals surface area contributed by atoms with Crippen LogP contribution in [0.3, 0.4) is 0 Å². The number of methoxy groups -OCH3 is 2. The number of hydrogen-bond donors (Lipinski definition) is 7. The number of aliphatic carboxylic acids is 1. The molecule has 2 aliphatic rings. The van der Waals surface area contributed by atoms with E-state index in [-0.39, 0.29) is 42.6 Å². The van der Waals surface area contributed by atoms with E-state index in [1.165, 1.54) is 63.4 Å². The molecule has 7 N–H and O–H groups in total. The number of nitrogens with zero attached hydrogens (tertiary/aromatic N) is 3. The standard InChI is InChI=1S/C61H87N5O21S/c1-13-35(6)51(46(81-11)30-48(69)66-27-17-20-43(66)55(82-12)36(7)56(73)62-42(59(76)77)28-38-18-15-14-16-19-38)64(9)58(75)49(33(2)3)63-57(74)50(34(4)5)65(10)61(78)83-32-39-21-24-41(25-22-39)86-88(79,80)87-45-29-40(37(8)68)23-26-44(45)84-60-54(72)53(71)52(70)47(31-67)85-60/h14-16,18-19,21-26,29,33-36,42-43,46-47,49-55,60,67,70-72H,13,17,20,27-28,30-32H2,1-12H3,(H,62,73)(H,63,74)(H,76,77)/t35-,36+,42?,43-,46+,47+,49?,50-,51?,52-,53-,54+,55+,60?/m0/s1. The van der Waals surface area contributed by atoms with Crippen molar-refractivity contribution in [1.82, 2.24) is 25.3 Å². The fourth-order valence-electron chi connectivity index (χ4n) is 11.0. The molecule has 5 rings (SSSR count). The van der Waals surface area contributed by atoms with Gasteiger partial charge in [-0.05, 0) is 79.0 Å². The van der Waals surface area contributed by atoms with Gasteiger partial charge in [0.1, 0.15) is 54.9 Å². The topological polar surface area (TPSA) is 353 Å². The summed E-state index contributed by atoms with van der Waals surface area (Å²) in [6.07, 6.45) is -9.37. The van der Waals surface area contributed by atoms with Gasteiger partial charge >= 0.3 is 22.5 Å². The minimum atomic E-state index is -5.01. The van der Waals surface area contributed by atoms with E-state index in [2.05, 4.69) is 10.6 Å². The summed E-state index contributed by atoms with van der Waals surface area (Å²) in [5, 5.41) is 56.0. The number of carboxylic acids is 1. The van der Waals surface area contributed by atoms with Crippen LogP contribution in [0.1, 0.15) is 103 Å². The molecular formula is C61H87N5O21S. The van der Waals surface area contributed by atoms with Crippen LogP contribution in [0.5, 0.6) is 17.2 Å². The van der Waals surface area contributed by atoms with Crippen LogP contribution >= 0.6 is 0 Å². The maximum Gasteiger partial charge on any atom is 0.501 e. The van der Waals surface area contributed by atoms with Crippen molar-refractivity contribution in [2.24, 2.45) is 23.7 Å². The van der Waals surface area contributed by atoms with E-state index >= 15 is 0 Å². The molecule has 0 spiro atoms. The van der Waals surface area contributed by atoms with Crippen LogP contribution in [-0.4, -0.2) is 205 Å². The molecule has 0 radical (unpaired) electrons. The number of carbonyl (C=O) groups excluding carboxylic acids is 6. The number of benzene rings is 3. The number of ether oxygens (including phenoxy) is 5. The number of carboxylic acid groups (broad SMARTS) is 1. The number of hydrogen-bond acceptors (Lipinski definition) is 20. The lowest BCUT2D eigenvalue weighted by molar-refractivity contribution is -0.277. The average molecular weight is 1260 g/mol. The van der Waals surface area contributed by atoms with Gasteiger partial charge in [-0.15, -0.1) is 8.42 Å². The third kappa shape index (κ3) is 18.6. The Morgan fingerprint density at radius 2 is 1.44 bits per heavy atom. The molecule has 4 unspecified atom stereocenters. The first-order valence-corrected chi connectivity index (χ1v) is 30.6. The number of amides is 5. The number of rotatable bonds is 31. The minimum Gasteiger partial charge on any atom is -0.480 e. The highest BCUT2D eigenvalue weighted by Crippen LogP contribution is 2.35. The Balaban J connectivity index is 1.21. The van der Waals surface area contributed by atoms with Gasteiger partial charge < -0.3 is 78.0 Å². The molecule has 14 atom stereocenters. The molecule has 2 fully saturated rings. The van der Waals surface area contributed by atoms with Gasteiger partial charge in [0, 0.05) is 46.8 Å². The molecule has 0 aliphatic carbocycles. The molecule has 2 heterocycles. The molecule has 0 bridgehead atoms. The number of aliphatic hydroxyl groups excluding tert-OH is 4. The van der Waals surface area contributed by atoms with Crippen molar-refractivity contribution in [2.45, 2.75) is 167 Å². The molecule has 2 saturated heterocycles. The zero-order valence-electron chi connectivity index (χ0n) is 51.8. The van der Waals surface area contributed by atoms with Crippen molar-refractivity contribution in [1.29, 1.82) is 0 Å². The van der Waals surface area contributed by atoms with Crippen LogP contribution in [0, 0.1) is 23.7 Å². The van der Waals surface area contributed by atoms with Gasteiger partial charge in [-0.2, -0.15) is 0 Å². The fourth-order valence-corrected chi connectivity index (χ4v) is 11.7. The van der Waals surface area contributed by atoms with Gasteiger partial charge in [-0.25, -0.2) is 9.59 Å². The Morgan fingerprint density at radius 3 is 2.01 bits per heavy atom. The number of likely N-dealkylation sites (N-methyl/N-ethyl adjacent to an activating group) is 2. The summed E-state index contributed by atoms with van der Waals surface area (Å²) in [6, 6.07) is 12.9. The van der Waals surface area contributed by atoms with E-state index < -0.39 is 155 Å². The van der Waals surface area contributed by atoms with Crippen LogP contribution in [0.25, 0.3) is 0 Å². The summed E-state index contributed by atoms with van der Waals surface area (Å²) in [5.74, 6) is -6.90. The summed E-state index contributed by atoms with van der Waals surface area (Å²) < 4.78 is 65.3. The number of carbonyl (C=O) groups is 7. The van der Waals surface area contributed by atoms with E-state index in [9.17, 15) is 67.5 Å². The largest absolute Gasteiger partial charge is 0.501 e. The second-order valence-electron chi connectivity index (χ2n) is 23.0. The lowest BCUT2D eigenvalue weighted by atomic mass is 9.89. The summed E-state index contributed by atoms with van der Waals surface area (Å²) >= 11 is 0. The Bertz CT molecular complexity index is 2950. The molecule has 3 aromatic carbocycles. The lowest BCUT2D eigenvalue weighted by Crippen LogP contribution is -2.60. The quantitative estimate of drug-likeness (QED) is 0.0455. The molecule has 27 heteroatoms. The third-order valence-electron chi connectivity index (χ3n) is 16.1. The van der Waals surface area contributed by atoms with E-state index in [0.717, 1.165) is 22.6 Å². The molecular weight excluding hydrogens is 1170 g/mol. The molecule has 26 nitrogen and oxygen atoms in total. The van der Waals surface area contributed by atoms with Gasteiger partial charge in [-0.1, -0.05) is 97.4 Å². The van der Waals surface area contributed by atoms with E-state index in [1.54, 1.807) is 70.8 Å². The second-order valence-corrected chi connectivity index (χ2v) is 24.2. The first-order chi connectivity index (χ1) is 41.5. The smallest absolute Gasteiger partial charge is 0.480 e. The van der Waals surface area contributed by atoms with Crippen molar-refractivity contribution in [3.8, 4) is 17.2 Å². The molecule has 488 valence electrons. The fraction of sp³-hybridized carbons (Fsp3) is 0.590. The average Bonchev–Trinajstić information content (AvgIpc) is 2.58. The van der Waals surface area contributed by atoms with E-state index in [0.29, 0.717) is 31.4 Å². The summed E-state index contributed by atoms with van der Waals surface area (Å²) in [5.41, 5.74) is 1.09. The van der Waals surface area contributed by atoms with Crippen molar-refractivity contribution in [3.05, 3.63) is 89.5 Å². The Hall–Kier alpha value is -6.98. The zero-order chi connectivity index (χ0) is 65.5. The molecule has 0 aromatic heterocycles. The Labute approximate surface area is 514 Å². The predicted molar refractivity (Wildman–Crippen MR) is 317 cm³/mol. The third-order valence-corrected chi connectivity index (χ3v) is 16.9. The first kappa shape index (κ1) is 71.8. The second kappa shape index (κ2) is 32.5. The number of aliphatic hydroxyl groups is 4. The molecule has 0 saturated carbocycles. The highest BCUT2D eigenvalue weighted by Gasteiger charge is 2.47. The van der Waals surface area contributed by atoms with Crippen LogP contribution < -0.4 is 23.7 Å². The highest BCUT2D eigenvalue weighted by atomic mass is 32.3. The van der Waals surface area contributed by atoms with Crippen molar-refractivity contribution >= 4 is 51.9 Å². The highest BCUT2D eigenvalue weighted by molar-refractivity contribution is 7.82. The summed E-state index contributed by atoms with van der Waals surface area (Å²) in [7, 11) is 0.859. The SMILES string of the molecule is CC[C@H](C)C([C@@H](CC(=O)N1CCC[C@H]1[C@H](OC)[C@@H](C)C(=O)NC(Cc1ccccc1)C(=O)O)OC)N(C)C(=O)C(NC(=O)[C@H](C(C)C)N(C)C(=O)OCc1ccc(OS(=O)(=O)Oc2cc(C(C)=O)ccc2OC2O[C@H](CO)[C@H](O)[C@H](O)[C@H]2O)cc1)C(C)C. The van der Waals surface area contributed by atoms with Gasteiger partial charge in [0.05, 0.1) is 43.2 Å². The number of ketones is 1. The van der Waals surface area contributed by atoms with Crippen LogP contribution in [0.15, 0.2) is 72.8 Å². The lowest BCUT2D eigenvalue weighted by Gasteiger charge is -2.41. The molecule has 3 aromatic rings. The number of Topliss-reactive ketones (excluding diaryl/α,β-unsaturated/α-hetero) is 1. The van der Waals surface area contributed by atoms with Crippen molar-refractivity contribution < 1.29 is 99.6 Å². The monoisotopic (exact) mass is 1260 g/mol. The summed E-state index contributed by atoms with van der Waals surface area (Å²) in [4.78, 5) is 99.6. The molecule has 2 aliphatic heterocycles. The first-order valence-electron chi connectivity index (χ1n) is 29.2. The maximum atomic E-state index is 14.7. The van der Waals surface area contributed by atoms with Crippen molar-refractivity contribution in [3.63, 3.8) is 0 Å². The Morgan fingerprint density at radius 1 is 0.784 bits per heavy atom. The van der Waals surface area contributed by atoms with Gasteiger partial charge in [-0.3, -0.25) is 28.9 Å². The predicted octanol–water partition coefficient (Wildman–Crippen LogP) is 3.24. The number of nitrogens with one attached hydrogen (secondary N) is 2. The van der Waals surface area contributed by atoms with E-state index in [4.69, 9.17) is 32.1 Å².